The highest BCUT2D eigenvalue weighted by Crippen LogP contribution is 2.42. The minimum Gasteiger partial charge on any atom is -0.590 e. The quantitative estimate of drug-likeness (QED) is 0.354. The fourth-order valence-corrected chi connectivity index (χ4v) is 5.57. The standard InChI is InChI=1S/C21H18F3NO5S2/c1-11(2)9-12-3-5-13(6-4-12)16-10-15(20(21(26)27)31(16)28)25-32(29,30)17-8-7-14(22)18(23)19(17)24/h3-8,10-11,25H,9H2,1-2H3,(H,26,27). The van der Waals surface area contributed by atoms with Crippen LogP contribution in [-0.2, 0) is 16.4 Å². The first kappa shape index (κ1) is 23.8. The third kappa shape index (κ3) is 4.64. The van der Waals surface area contributed by atoms with Crippen LogP contribution in [0.5, 0.6) is 0 Å². The molecule has 0 saturated heterocycles. The van der Waals surface area contributed by atoms with E-state index in [0.717, 1.165) is 18.1 Å². The molecule has 1 unspecified atom stereocenters. The Hall–Kier alpha value is -2.89. The lowest BCUT2D eigenvalue weighted by Gasteiger charge is -2.08. The van der Waals surface area contributed by atoms with Gasteiger partial charge in [0.2, 0.25) is 0 Å². The van der Waals surface area contributed by atoms with Crippen molar-refractivity contribution in [3.05, 3.63) is 70.4 Å². The van der Waals surface area contributed by atoms with E-state index in [4.69, 9.17) is 0 Å². The zero-order chi connectivity index (χ0) is 23.8. The Morgan fingerprint density at radius 1 is 1.09 bits per heavy atom. The van der Waals surface area contributed by atoms with Crippen molar-refractivity contribution in [2.24, 2.45) is 5.92 Å². The maximum atomic E-state index is 14.0. The molecule has 0 amide bonds. The normalized spacial score (nSPS) is 12.3. The number of carboxylic acids is 1. The van der Waals surface area contributed by atoms with Crippen molar-refractivity contribution >= 4 is 32.4 Å². The molecule has 0 saturated carbocycles. The van der Waals surface area contributed by atoms with Gasteiger partial charge in [0.15, 0.2) is 22.3 Å². The highest BCUT2D eigenvalue weighted by Gasteiger charge is 2.32. The molecule has 1 aromatic heterocycles. The topological polar surface area (TPSA) is 107 Å². The summed E-state index contributed by atoms with van der Waals surface area (Å²) in [6.07, 6.45) is 0.798. The molecule has 6 nitrogen and oxygen atoms in total. The number of hydrogen-bond donors (Lipinski definition) is 2. The molecule has 2 N–H and O–H groups in total. The van der Waals surface area contributed by atoms with E-state index in [9.17, 15) is 36.0 Å². The fraction of sp³-hybridized carbons (Fsp3) is 0.190. The maximum absolute atomic E-state index is 14.0. The Morgan fingerprint density at radius 3 is 2.28 bits per heavy atom. The second kappa shape index (κ2) is 8.93. The Kier molecular flexibility index (Phi) is 6.63. The first-order valence-corrected chi connectivity index (χ1v) is 11.9. The lowest BCUT2D eigenvalue weighted by Crippen LogP contribution is -2.17. The Labute approximate surface area is 185 Å². The number of aromatic carboxylic acids is 1. The molecular formula is C21H18F3NO5S2. The summed E-state index contributed by atoms with van der Waals surface area (Å²) >= 11 is 0. The molecule has 170 valence electrons. The zero-order valence-electron chi connectivity index (χ0n) is 16.9. The molecule has 0 aliphatic heterocycles. The van der Waals surface area contributed by atoms with Crippen LogP contribution in [0.4, 0.5) is 18.9 Å². The van der Waals surface area contributed by atoms with Crippen LogP contribution in [0.25, 0.3) is 10.4 Å². The lowest BCUT2D eigenvalue weighted by molar-refractivity contribution is 0.0702. The smallest absolute Gasteiger partial charge is 0.391 e. The number of carbonyl (C=O) groups is 1. The molecule has 0 spiro atoms. The van der Waals surface area contributed by atoms with E-state index in [2.05, 4.69) is 0 Å². The Morgan fingerprint density at radius 2 is 1.72 bits per heavy atom. The van der Waals surface area contributed by atoms with Gasteiger partial charge in [-0.05, 0) is 52.9 Å². The Balaban J connectivity index is 2.04. The van der Waals surface area contributed by atoms with E-state index in [-0.39, 0.29) is 4.88 Å². The minimum absolute atomic E-state index is 0.0296. The summed E-state index contributed by atoms with van der Waals surface area (Å²) in [5.41, 5.74) is 0.846. The SMILES string of the molecule is CC(C)Cc1ccc(-c2cc(NS(=O)(=O)c3ccc(F)c(F)c3F)c(C(=O)O)[s+]2[O-])cc1. The van der Waals surface area contributed by atoms with Crippen LogP contribution in [0.1, 0.15) is 29.1 Å². The number of halogens is 3. The summed E-state index contributed by atoms with van der Waals surface area (Å²) in [5.74, 6) is -6.79. The molecular weight excluding hydrogens is 467 g/mol. The van der Waals surface area contributed by atoms with E-state index in [1.807, 2.05) is 18.6 Å². The average Bonchev–Trinajstić information content (AvgIpc) is 3.01. The first-order valence-electron chi connectivity index (χ1n) is 9.29. The fourth-order valence-electron chi connectivity index (χ4n) is 3.11. The zero-order valence-corrected chi connectivity index (χ0v) is 18.5. The van der Waals surface area contributed by atoms with Crippen LogP contribution in [0, 0.1) is 23.4 Å². The number of benzene rings is 2. The van der Waals surface area contributed by atoms with Gasteiger partial charge in [0.1, 0.15) is 10.6 Å². The number of rotatable bonds is 7. The van der Waals surface area contributed by atoms with Gasteiger partial charge in [-0.3, -0.25) is 4.72 Å². The summed E-state index contributed by atoms with van der Waals surface area (Å²) < 4.78 is 80.3. The van der Waals surface area contributed by atoms with Crippen molar-refractivity contribution in [1.29, 1.82) is 0 Å². The number of thiophene rings is 1. The van der Waals surface area contributed by atoms with E-state index < -0.39 is 59.7 Å². The van der Waals surface area contributed by atoms with Gasteiger partial charge in [0.25, 0.3) is 14.9 Å². The summed E-state index contributed by atoms with van der Waals surface area (Å²) in [5, 5.41) is 9.46. The second-order valence-electron chi connectivity index (χ2n) is 7.40. The van der Waals surface area contributed by atoms with Crippen molar-refractivity contribution < 1.29 is 36.0 Å². The second-order valence-corrected chi connectivity index (χ2v) is 10.4. The van der Waals surface area contributed by atoms with Crippen LogP contribution in [0.2, 0.25) is 0 Å². The van der Waals surface area contributed by atoms with Gasteiger partial charge in [0, 0.05) is 11.6 Å². The molecule has 32 heavy (non-hydrogen) atoms. The highest BCUT2D eigenvalue weighted by molar-refractivity contribution is 7.92. The van der Waals surface area contributed by atoms with E-state index >= 15 is 0 Å². The van der Waals surface area contributed by atoms with Crippen LogP contribution >= 0.6 is 10.8 Å². The molecule has 0 bridgehead atoms. The van der Waals surface area contributed by atoms with Gasteiger partial charge in [-0.2, -0.15) is 0 Å². The lowest BCUT2D eigenvalue weighted by atomic mass is 10.0. The first-order chi connectivity index (χ1) is 14.9. The average molecular weight is 486 g/mol. The van der Waals surface area contributed by atoms with Crippen molar-refractivity contribution in [2.75, 3.05) is 4.72 Å². The van der Waals surface area contributed by atoms with Crippen molar-refractivity contribution in [3.63, 3.8) is 0 Å². The summed E-state index contributed by atoms with van der Waals surface area (Å²) in [7, 11) is -7.11. The highest BCUT2D eigenvalue weighted by atomic mass is 32.2. The van der Waals surface area contributed by atoms with Crippen LogP contribution in [0.15, 0.2) is 47.4 Å². The van der Waals surface area contributed by atoms with Gasteiger partial charge in [-0.1, -0.05) is 26.0 Å². The third-order valence-corrected chi connectivity index (χ3v) is 7.42. The van der Waals surface area contributed by atoms with Crippen LogP contribution < -0.4 is 4.72 Å². The largest absolute Gasteiger partial charge is 0.590 e. The number of carboxylic acid groups (broad SMARTS) is 1. The summed E-state index contributed by atoms with van der Waals surface area (Å²) in [6.45, 7) is 4.08. The van der Waals surface area contributed by atoms with Crippen molar-refractivity contribution in [3.8, 4) is 10.4 Å². The summed E-state index contributed by atoms with van der Waals surface area (Å²) in [6, 6.07) is 8.82. The molecule has 3 rings (SSSR count). The molecule has 0 fully saturated rings. The predicted octanol–water partition coefficient (Wildman–Crippen LogP) is 5.20. The molecule has 3 aromatic rings. The maximum Gasteiger partial charge on any atom is 0.391 e. The van der Waals surface area contributed by atoms with Crippen LogP contribution in [0.3, 0.4) is 0 Å². The Bertz CT molecular complexity index is 1290. The van der Waals surface area contributed by atoms with Gasteiger partial charge in [-0.25, -0.2) is 26.4 Å². The molecule has 2 aromatic carbocycles. The van der Waals surface area contributed by atoms with Gasteiger partial charge < -0.3 is 9.66 Å². The number of anilines is 1. The molecule has 11 heteroatoms. The molecule has 1 heterocycles. The van der Waals surface area contributed by atoms with E-state index in [0.29, 0.717) is 23.6 Å². The van der Waals surface area contributed by atoms with Gasteiger partial charge in [-0.15, -0.1) is 0 Å². The summed E-state index contributed by atoms with van der Waals surface area (Å²) in [4.78, 5) is 9.70. The van der Waals surface area contributed by atoms with Crippen molar-refractivity contribution in [1.82, 2.24) is 0 Å². The molecule has 0 aliphatic carbocycles. The molecule has 0 radical (unpaired) electrons. The number of sulfonamides is 1. The predicted molar refractivity (Wildman–Crippen MR) is 113 cm³/mol. The van der Waals surface area contributed by atoms with Gasteiger partial charge >= 0.3 is 5.97 Å². The monoisotopic (exact) mass is 485 g/mol. The van der Waals surface area contributed by atoms with E-state index in [1.54, 1.807) is 24.3 Å². The minimum atomic E-state index is -4.86. The van der Waals surface area contributed by atoms with E-state index in [1.165, 1.54) is 0 Å². The molecule has 1 atom stereocenters. The third-order valence-electron chi connectivity index (χ3n) is 4.52. The van der Waals surface area contributed by atoms with Crippen LogP contribution in [-0.4, -0.2) is 24.0 Å². The number of nitrogens with one attached hydrogen (secondary N) is 1. The molecule has 0 aliphatic rings. The number of hydrogen-bond acceptors (Lipinski definition) is 4. The van der Waals surface area contributed by atoms with Crippen molar-refractivity contribution in [2.45, 2.75) is 25.2 Å². The van der Waals surface area contributed by atoms with Gasteiger partial charge in [0.05, 0.1) is 0 Å².